The van der Waals surface area contributed by atoms with Crippen LogP contribution >= 0.6 is 0 Å². The molecule has 0 aromatic heterocycles. The first-order chi connectivity index (χ1) is 10.3. The van der Waals surface area contributed by atoms with Crippen LogP contribution in [0.1, 0.15) is 65.2 Å². The SMILES string of the molecule is [C-]#[N+]C(=C/C=C/N(CCCCCC)CCCCCC)[N+]#[C-]. The van der Waals surface area contributed by atoms with Crippen LogP contribution in [0.4, 0.5) is 0 Å². The summed E-state index contributed by atoms with van der Waals surface area (Å²) in [6.07, 6.45) is 15.6. The third-order valence-corrected chi connectivity index (χ3v) is 3.37. The van der Waals surface area contributed by atoms with Crippen molar-refractivity contribution in [1.82, 2.24) is 4.90 Å². The van der Waals surface area contributed by atoms with E-state index in [4.69, 9.17) is 13.1 Å². The van der Waals surface area contributed by atoms with Crippen LogP contribution in [0.3, 0.4) is 0 Å². The van der Waals surface area contributed by atoms with E-state index in [0.29, 0.717) is 0 Å². The van der Waals surface area contributed by atoms with Gasteiger partial charge in [-0.1, -0.05) is 52.4 Å². The number of hydrogen-bond acceptors (Lipinski definition) is 1. The zero-order chi connectivity index (χ0) is 15.8. The average molecular weight is 287 g/mol. The first kappa shape index (κ1) is 19.3. The van der Waals surface area contributed by atoms with Crippen LogP contribution in [-0.4, -0.2) is 18.0 Å². The predicted molar refractivity (Wildman–Crippen MR) is 90.3 cm³/mol. The molecule has 0 fully saturated rings. The van der Waals surface area contributed by atoms with Crippen molar-refractivity contribution in [2.45, 2.75) is 65.2 Å². The Kier molecular flexibility index (Phi) is 13.4. The molecule has 0 amide bonds. The van der Waals surface area contributed by atoms with Gasteiger partial charge in [0.1, 0.15) is 13.1 Å². The molecule has 0 atom stereocenters. The van der Waals surface area contributed by atoms with Gasteiger partial charge >= 0.3 is 5.82 Å². The molecular formula is C18H29N3. The zero-order valence-corrected chi connectivity index (χ0v) is 13.6. The van der Waals surface area contributed by atoms with Crippen molar-refractivity contribution in [3.63, 3.8) is 0 Å². The van der Waals surface area contributed by atoms with Crippen molar-refractivity contribution in [3.05, 3.63) is 47.0 Å². The monoisotopic (exact) mass is 287 g/mol. The van der Waals surface area contributed by atoms with E-state index in [0.717, 1.165) is 13.1 Å². The molecule has 0 spiro atoms. The number of rotatable bonds is 12. The molecule has 0 unspecified atom stereocenters. The molecule has 0 saturated heterocycles. The Morgan fingerprint density at radius 3 is 1.81 bits per heavy atom. The van der Waals surface area contributed by atoms with E-state index in [9.17, 15) is 0 Å². The third-order valence-electron chi connectivity index (χ3n) is 3.37. The van der Waals surface area contributed by atoms with Gasteiger partial charge < -0.3 is 4.90 Å². The summed E-state index contributed by atoms with van der Waals surface area (Å²) in [5.41, 5.74) is 0. The maximum absolute atomic E-state index is 6.86. The van der Waals surface area contributed by atoms with Gasteiger partial charge in [0, 0.05) is 19.2 Å². The second kappa shape index (κ2) is 14.7. The highest BCUT2D eigenvalue weighted by molar-refractivity contribution is 5.23. The quantitative estimate of drug-likeness (QED) is 0.257. The molecule has 0 aliphatic heterocycles. The summed E-state index contributed by atoms with van der Waals surface area (Å²) < 4.78 is 0. The summed E-state index contributed by atoms with van der Waals surface area (Å²) in [7, 11) is 0. The summed E-state index contributed by atoms with van der Waals surface area (Å²) >= 11 is 0. The smallest absolute Gasteiger partial charge is 0.377 e. The molecule has 0 radical (unpaired) electrons. The zero-order valence-electron chi connectivity index (χ0n) is 13.6. The van der Waals surface area contributed by atoms with E-state index in [-0.39, 0.29) is 5.82 Å². The van der Waals surface area contributed by atoms with Gasteiger partial charge in [0.25, 0.3) is 0 Å². The molecule has 116 valence electrons. The summed E-state index contributed by atoms with van der Waals surface area (Å²) in [4.78, 5) is 8.65. The normalized spacial score (nSPS) is 10.1. The number of hydrogen-bond donors (Lipinski definition) is 0. The van der Waals surface area contributed by atoms with Crippen molar-refractivity contribution in [1.29, 1.82) is 0 Å². The van der Waals surface area contributed by atoms with Crippen LogP contribution in [0, 0.1) is 13.1 Å². The van der Waals surface area contributed by atoms with Crippen LogP contribution in [0.25, 0.3) is 9.69 Å². The van der Waals surface area contributed by atoms with E-state index >= 15 is 0 Å². The molecule has 0 N–H and O–H groups in total. The Labute approximate surface area is 131 Å². The van der Waals surface area contributed by atoms with Crippen molar-refractivity contribution >= 4 is 0 Å². The highest BCUT2D eigenvalue weighted by Crippen LogP contribution is 2.06. The number of unbranched alkanes of at least 4 members (excludes halogenated alkanes) is 6. The molecule has 3 nitrogen and oxygen atoms in total. The standard InChI is InChI=1S/C18H29N3/c1-5-7-9-11-15-21(16-12-10-8-6-2)17-13-14-18(19-3)20-4/h13-14,17H,5-12,15-16H2,1-2H3/b17-13+. The van der Waals surface area contributed by atoms with E-state index in [1.165, 1.54) is 51.4 Å². The minimum Gasteiger partial charge on any atom is -0.377 e. The Balaban J connectivity index is 4.29. The minimum absolute atomic E-state index is 0.128. The fourth-order valence-corrected chi connectivity index (χ4v) is 2.09. The van der Waals surface area contributed by atoms with Crippen LogP contribution < -0.4 is 0 Å². The van der Waals surface area contributed by atoms with Crippen LogP contribution in [-0.2, 0) is 0 Å². The molecule has 0 aromatic rings. The molecule has 3 heteroatoms. The van der Waals surface area contributed by atoms with Gasteiger partial charge in [0.15, 0.2) is 0 Å². The van der Waals surface area contributed by atoms with E-state index in [2.05, 4.69) is 28.4 Å². The molecule has 0 aliphatic carbocycles. The van der Waals surface area contributed by atoms with E-state index in [1.54, 1.807) is 6.08 Å². The molecule has 0 bridgehead atoms. The predicted octanol–water partition coefficient (Wildman–Crippen LogP) is 5.64. The molecule has 0 aromatic carbocycles. The van der Waals surface area contributed by atoms with Gasteiger partial charge in [0.05, 0.1) is 0 Å². The lowest BCUT2D eigenvalue weighted by Gasteiger charge is -2.20. The summed E-state index contributed by atoms with van der Waals surface area (Å²) in [5.74, 6) is 0.128. The van der Waals surface area contributed by atoms with Gasteiger partial charge in [-0.05, 0) is 25.1 Å². The van der Waals surface area contributed by atoms with Crippen LogP contribution in [0.2, 0.25) is 0 Å². The number of allylic oxidation sites excluding steroid dienone is 2. The topological polar surface area (TPSA) is 12.0 Å². The molecule has 21 heavy (non-hydrogen) atoms. The van der Waals surface area contributed by atoms with Crippen molar-refractivity contribution in [2.75, 3.05) is 13.1 Å². The fraction of sp³-hybridized carbons (Fsp3) is 0.667. The second-order valence-corrected chi connectivity index (χ2v) is 5.25. The van der Waals surface area contributed by atoms with Crippen molar-refractivity contribution in [2.24, 2.45) is 0 Å². The highest BCUT2D eigenvalue weighted by Gasteiger charge is 2.01. The second-order valence-electron chi connectivity index (χ2n) is 5.25. The van der Waals surface area contributed by atoms with Gasteiger partial charge in [-0.15, -0.1) is 0 Å². The summed E-state index contributed by atoms with van der Waals surface area (Å²) in [6, 6.07) is 0. The van der Waals surface area contributed by atoms with Crippen LogP contribution in [0.5, 0.6) is 0 Å². The van der Waals surface area contributed by atoms with Crippen LogP contribution in [0.15, 0.2) is 24.2 Å². The lowest BCUT2D eigenvalue weighted by Crippen LogP contribution is -2.20. The highest BCUT2D eigenvalue weighted by atomic mass is 15.1. The maximum Gasteiger partial charge on any atom is 0.519 e. The third kappa shape index (κ3) is 11.8. The molecule has 0 aliphatic rings. The Bertz CT molecular complexity index is 354. The van der Waals surface area contributed by atoms with E-state index in [1.807, 2.05) is 12.3 Å². The largest absolute Gasteiger partial charge is 0.519 e. The fourth-order valence-electron chi connectivity index (χ4n) is 2.09. The van der Waals surface area contributed by atoms with Gasteiger partial charge in [0.2, 0.25) is 0 Å². The maximum atomic E-state index is 6.86. The van der Waals surface area contributed by atoms with E-state index < -0.39 is 0 Å². The Morgan fingerprint density at radius 1 is 0.857 bits per heavy atom. The van der Waals surface area contributed by atoms with Gasteiger partial charge in [-0.25, -0.2) is 0 Å². The van der Waals surface area contributed by atoms with Crippen molar-refractivity contribution in [3.8, 4) is 0 Å². The summed E-state index contributed by atoms with van der Waals surface area (Å²) in [5, 5.41) is 0. The lowest BCUT2D eigenvalue weighted by atomic mass is 10.2. The first-order valence-electron chi connectivity index (χ1n) is 8.15. The summed E-state index contributed by atoms with van der Waals surface area (Å²) in [6.45, 7) is 20.3. The molecule has 0 rings (SSSR count). The molecule has 0 heterocycles. The minimum atomic E-state index is 0.128. The van der Waals surface area contributed by atoms with Gasteiger partial charge in [-0.3, -0.25) is 0 Å². The Hall–Kier alpha value is -1.74. The lowest BCUT2D eigenvalue weighted by molar-refractivity contribution is 0.351. The van der Waals surface area contributed by atoms with Crippen molar-refractivity contribution < 1.29 is 0 Å². The molecule has 0 saturated carbocycles. The first-order valence-corrected chi connectivity index (χ1v) is 8.15. The molecular weight excluding hydrogens is 258 g/mol. The Morgan fingerprint density at radius 2 is 1.38 bits per heavy atom. The number of nitrogens with zero attached hydrogens (tertiary/aromatic N) is 3. The average Bonchev–Trinajstić information content (AvgIpc) is 2.51. The van der Waals surface area contributed by atoms with Gasteiger partial charge in [-0.2, -0.15) is 9.69 Å².